The summed E-state index contributed by atoms with van der Waals surface area (Å²) in [6, 6.07) is 14.4. The maximum Gasteiger partial charge on any atom is 0.303 e. The van der Waals surface area contributed by atoms with Crippen LogP contribution in [0.2, 0.25) is 0 Å². The summed E-state index contributed by atoms with van der Waals surface area (Å²) in [6.45, 7) is 0.299. The van der Waals surface area contributed by atoms with E-state index < -0.39 is 35.5 Å². The second kappa shape index (κ2) is 11.4. The summed E-state index contributed by atoms with van der Waals surface area (Å²) >= 11 is 3.21. The fourth-order valence-corrected chi connectivity index (χ4v) is 7.28. The van der Waals surface area contributed by atoms with Gasteiger partial charge in [0.2, 0.25) is 11.8 Å². The van der Waals surface area contributed by atoms with Crippen molar-refractivity contribution < 1.29 is 38.9 Å². The normalized spacial score (nSPS) is 24.7. The third kappa shape index (κ3) is 5.14. The molecule has 9 nitrogen and oxygen atoms in total. The molecule has 1 saturated heterocycles. The highest BCUT2D eigenvalue weighted by Gasteiger charge is 2.56. The van der Waals surface area contributed by atoms with Crippen molar-refractivity contribution in [1.29, 1.82) is 0 Å². The molecule has 0 bridgehead atoms. The molecule has 0 aromatic heterocycles. The Hall–Kier alpha value is -4.31. The summed E-state index contributed by atoms with van der Waals surface area (Å²) in [7, 11) is 0. The van der Waals surface area contributed by atoms with Crippen LogP contribution in [0.5, 0.6) is 11.5 Å². The van der Waals surface area contributed by atoms with Gasteiger partial charge in [-0.15, -0.1) is 0 Å². The zero-order valence-electron chi connectivity index (χ0n) is 23.0. The minimum Gasteiger partial charge on any atom is -0.507 e. The van der Waals surface area contributed by atoms with E-state index in [0.717, 1.165) is 16.0 Å². The number of ether oxygens (including phenoxy) is 1. The van der Waals surface area contributed by atoms with Gasteiger partial charge < -0.3 is 14.9 Å². The molecular formula is C33H28BrNO8. The largest absolute Gasteiger partial charge is 0.507 e. The predicted octanol–water partition coefficient (Wildman–Crippen LogP) is 4.60. The van der Waals surface area contributed by atoms with Gasteiger partial charge in [0.1, 0.15) is 18.1 Å². The summed E-state index contributed by atoms with van der Waals surface area (Å²) < 4.78 is 5.99. The minimum atomic E-state index is -1.01. The average molecular weight is 646 g/mol. The molecule has 220 valence electrons. The summed E-state index contributed by atoms with van der Waals surface area (Å²) in [5, 5.41) is 20.3. The van der Waals surface area contributed by atoms with Crippen LogP contribution in [0.25, 0.3) is 0 Å². The topological polar surface area (TPSA) is 138 Å². The smallest absolute Gasteiger partial charge is 0.303 e. The molecule has 4 aliphatic rings. The number of Topliss-reactive ketones (excluding diaryl/α,β-unsaturated/α-hetero) is 1. The van der Waals surface area contributed by atoms with E-state index in [-0.39, 0.29) is 71.1 Å². The van der Waals surface area contributed by atoms with Gasteiger partial charge in [-0.2, -0.15) is 0 Å². The Kier molecular flexibility index (Phi) is 7.64. The van der Waals surface area contributed by atoms with Gasteiger partial charge in [0.05, 0.1) is 16.3 Å². The van der Waals surface area contributed by atoms with Gasteiger partial charge in [0.15, 0.2) is 11.6 Å². The number of amides is 2. The number of carboxylic acid groups (broad SMARTS) is 1. The van der Waals surface area contributed by atoms with E-state index in [2.05, 4.69) is 15.9 Å². The van der Waals surface area contributed by atoms with Crippen molar-refractivity contribution in [2.24, 2.45) is 17.8 Å². The zero-order chi connectivity index (χ0) is 30.4. The average Bonchev–Trinajstić information content (AvgIpc) is 3.23. The van der Waals surface area contributed by atoms with Crippen molar-refractivity contribution in [2.75, 3.05) is 6.54 Å². The Morgan fingerprint density at radius 1 is 1.02 bits per heavy atom. The fourth-order valence-electron chi connectivity index (χ4n) is 6.83. The number of fused-ring (bicyclic) bond motifs is 3. The third-order valence-corrected chi connectivity index (χ3v) is 9.35. The molecule has 10 heteroatoms. The number of hydrogen-bond donors (Lipinski definition) is 2. The third-order valence-electron chi connectivity index (χ3n) is 8.76. The highest BCUT2D eigenvalue weighted by molar-refractivity contribution is 9.12. The SMILES string of the molecule is O=C(O)CCCN1C(=O)C2CC=C3C(c4ccc(OCc5ccccc5)cc4O)C4=C(CC3C2C1=O)C(=O)C(Br)=CC4=O. The van der Waals surface area contributed by atoms with Crippen molar-refractivity contribution in [3.05, 3.63) is 93.0 Å². The Bertz CT molecular complexity index is 1660. The lowest BCUT2D eigenvalue weighted by atomic mass is 9.59. The van der Waals surface area contributed by atoms with Crippen LogP contribution < -0.4 is 4.74 Å². The molecule has 3 aliphatic carbocycles. The number of carboxylic acids is 1. The lowest BCUT2D eigenvalue weighted by molar-refractivity contribution is -0.142. The lowest BCUT2D eigenvalue weighted by Crippen LogP contribution is -2.39. The van der Waals surface area contributed by atoms with Gasteiger partial charge in [-0.1, -0.05) is 48.0 Å². The molecule has 1 heterocycles. The first kappa shape index (κ1) is 28.8. The van der Waals surface area contributed by atoms with E-state index in [0.29, 0.717) is 17.9 Å². The molecule has 1 aliphatic heterocycles. The van der Waals surface area contributed by atoms with Crippen LogP contribution in [0.1, 0.15) is 42.7 Å². The first-order valence-corrected chi connectivity index (χ1v) is 14.9. The number of benzene rings is 2. The molecule has 0 radical (unpaired) electrons. The van der Waals surface area contributed by atoms with Crippen LogP contribution in [0.3, 0.4) is 0 Å². The molecule has 2 amide bonds. The summed E-state index contributed by atoms with van der Waals surface area (Å²) in [6.07, 6.45) is 3.45. The summed E-state index contributed by atoms with van der Waals surface area (Å²) in [5.74, 6) is -4.90. The number of carbonyl (C=O) groups is 5. The van der Waals surface area contributed by atoms with Crippen LogP contribution in [-0.2, 0) is 30.6 Å². The standard InChI is InChI=1S/C33H28BrNO8/c34-24-15-26(37)30-23(31(24)40)14-22-19(10-11-21-29(22)33(42)35(32(21)41)12-4-7-27(38)39)28(30)20-9-8-18(13-25(20)36)43-16-17-5-2-1-3-6-17/h1-3,5-6,8-10,13,15,21-22,28-29,36H,4,7,11-12,14,16H2,(H,38,39). The van der Waals surface area contributed by atoms with E-state index in [1.165, 1.54) is 12.1 Å². The molecular weight excluding hydrogens is 618 g/mol. The van der Waals surface area contributed by atoms with Crippen LogP contribution in [0.4, 0.5) is 0 Å². The van der Waals surface area contributed by atoms with Crippen LogP contribution in [0.15, 0.2) is 81.9 Å². The van der Waals surface area contributed by atoms with Gasteiger partial charge in [0.25, 0.3) is 0 Å². The number of carbonyl (C=O) groups excluding carboxylic acids is 4. The first-order chi connectivity index (χ1) is 20.7. The maximum atomic E-state index is 13.7. The van der Waals surface area contributed by atoms with Gasteiger partial charge in [-0.05, 0) is 52.7 Å². The highest BCUT2D eigenvalue weighted by Crippen LogP contribution is 2.56. The molecule has 2 aromatic rings. The monoisotopic (exact) mass is 645 g/mol. The van der Waals surface area contributed by atoms with Crippen molar-refractivity contribution in [3.63, 3.8) is 0 Å². The van der Waals surface area contributed by atoms with Crippen molar-refractivity contribution in [1.82, 2.24) is 4.90 Å². The lowest BCUT2D eigenvalue weighted by Gasteiger charge is -2.42. The van der Waals surface area contributed by atoms with E-state index >= 15 is 0 Å². The molecule has 43 heavy (non-hydrogen) atoms. The zero-order valence-corrected chi connectivity index (χ0v) is 24.6. The molecule has 2 aromatic carbocycles. The predicted molar refractivity (Wildman–Crippen MR) is 157 cm³/mol. The molecule has 0 spiro atoms. The summed E-state index contributed by atoms with van der Waals surface area (Å²) in [5.41, 5.74) is 2.60. The second-order valence-corrected chi connectivity index (χ2v) is 12.1. The van der Waals surface area contributed by atoms with E-state index in [9.17, 15) is 29.1 Å². The Balaban J connectivity index is 1.36. The number of aromatic hydroxyl groups is 1. The number of nitrogens with zero attached hydrogens (tertiary/aromatic N) is 1. The van der Waals surface area contributed by atoms with E-state index in [1.54, 1.807) is 12.1 Å². The Morgan fingerprint density at radius 2 is 1.79 bits per heavy atom. The van der Waals surface area contributed by atoms with Crippen molar-refractivity contribution in [2.45, 2.75) is 38.2 Å². The maximum absolute atomic E-state index is 13.7. The van der Waals surface area contributed by atoms with Gasteiger partial charge >= 0.3 is 5.97 Å². The first-order valence-electron chi connectivity index (χ1n) is 14.1. The summed E-state index contributed by atoms with van der Waals surface area (Å²) in [4.78, 5) is 65.9. The molecule has 6 rings (SSSR count). The van der Waals surface area contributed by atoms with Crippen LogP contribution >= 0.6 is 15.9 Å². The van der Waals surface area contributed by atoms with Gasteiger partial charge in [-0.25, -0.2) is 0 Å². The number of phenols is 1. The van der Waals surface area contributed by atoms with Crippen LogP contribution in [0, 0.1) is 17.8 Å². The molecule has 1 fully saturated rings. The van der Waals surface area contributed by atoms with Crippen molar-refractivity contribution in [3.8, 4) is 11.5 Å². The fraction of sp³-hybridized carbons (Fsp3) is 0.303. The Labute approximate surface area is 255 Å². The molecule has 4 unspecified atom stereocenters. The number of phenolic OH excluding ortho intramolecular Hbond substituents is 1. The minimum absolute atomic E-state index is 0.00727. The number of ketones is 2. The Morgan fingerprint density at radius 3 is 2.51 bits per heavy atom. The molecule has 0 saturated carbocycles. The van der Waals surface area contributed by atoms with E-state index in [4.69, 9.17) is 9.84 Å². The number of halogens is 1. The van der Waals surface area contributed by atoms with E-state index in [1.807, 2.05) is 36.4 Å². The van der Waals surface area contributed by atoms with Gasteiger partial charge in [-0.3, -0.25) is 28.9 Å². The number of rotatable bonds is 8. The molecule has 2 N–H and O–H groups in total. The molecule has 4 atom stereocenters. The van der Waals surface area contributed by atoms with Gasteiger partial charge in [0, 0.05) is 47.7 Å². The van der Waals surface area contributed by atoms with Crippen LogP contribution in [-0.4, -0.2) is 51.0 Å². The highest BCUT2D eigenvalue weighted by atomic mass is 79.9. The van der Waals surface area contributed by atoms with Crippen molar-refractivity contribution >= 4 is 45.3 Å². The number of aliphatic carboxylic acids is 1. The number of imide groups is 1. The number of likely N-dealkylation sites (tertiary alicyclic amines) is 1. The quantitative estimate of drug-likeness (QED) is 0.241. The second-order valence-electron chi connectivity index (χ2n) is 11.2. The number of hydrogen-bond acceptors (Lipinski definition) is 7. The number of allylic oxidation sites excluding steroid dienone is 6.